The Hall–Kier alpha value is -2.23. The van der Waals surface area contributed by atoms with E-state index in [1.165, 1.54) is 42.7 Å². The number of carbonyl (C=O) groups is 2. The van der Waals surface area contributed by atoms with Crippen molar-refractivity contribution in [3.05, 3.63) is 52.2 Å². The highest BCUT2D eigenvalue weighted by molar-refractivity contribution is 7.89. The summed E-state index contributed by atoms with van der Waals surface area (Å²) in [5.74, 6) is -0.822. The Balaban J connectivity index is 1.71. The van der Waals surface area contributed by atoms with Crippen LogP contribution in [-0.4, -0.2) is 33.4 Å². The van der Waals surface area contributed by atoms with Crippen molar-refractivity contribution in [2.24, 2.45) is 0 Å². The third kappa shape index (κ3) is 5.15. The van der Waals surface area contributed by atoms with Crippen molar-refractivity contribution in [2.45, 2.75) is 36.2 Å². The molecule has 1 aromatic carbocycles. The molecular weight excluding hydrogens is 388 g/mol. The number of amides is 1. The SMILES string of the molecule is COC(=O)C[C@H](NC(=O)c1ccc(S(=O)(=O)NC2CC2)cc1)c1cccs1. The van der Waals surface area contributed by atoms with Gasteiger partial charge in [-0.15, -0.1) is 11.3 Å². The first-order valence-corrected chi connectivity index (χ1v) is 10.8. The Kier molecular flexibility index (Phi) is 5.93. The first-order valence-electron chi connectivity index (χ1n) is 8.42. The summed E-state index contributed by atoms with van der Waals surface area (Å²) in [5, 5.41) is 4.67. The van der Waals surface area contributed by atoms with Gasteiger partial charge in [0, 0.05) is 16.5 Å². The maximum absolute atomic E-state index is 12.5. The second-order valence-corrected chi connectivity index (χ2v) is 8.93. The van der Waals surface area contributed by atoms with Crippen LogP contribution in [0.15, 0.2) is 46.7 Å². The van der Waals surface area contributed by atoms with Gasteiger partial charge in [-0.25, -0.2) is 13.1 Å². The third-order valence-electron chi connectivity index (χ3n) is 4.12. The standard InChI is InChI=1S/C18H20N2O5S2/c1-25-17(21)11-15(16-3-2-10-26-16)19-18(22)12-4-8-14(9-5-12)27(23,24)20-13-6-7-13/h2-5,8-10,13,15,20H,6-7,11H2,1H3,(H,19,22)/t15-/m0/s1. The number of ether oxygens (including phenoxy) is 1. The molecule has 2 aromatic rings. The van der Waals surface area contributed by atoms with E-state index >= 15 is 0 Å². The minimum atomic E-state index is -3.56. The van der Waals surface area contributed by atoms with Gasteiger partial charge in [-0.2, -0.15) is 0 Å². The zero-order valence-electron chi connectivity index (χ0n) is 14.7. The number of thiophene rings is 1. The van der Waals surface area contributed by atoms with Crippen LogP contribution in [0, 0.1) is 0 Å². The number of methoxy groups -OCH3 is 1. The number of hydrogen-bond acceptors (Lipinski definition) is 6. The quantitative estimate of drug-likeness (QED) is 0.652. The number of esters is 1. The van der Waals surface area contributed by atoms with Crippen LogP contribution >= 0.6 is 11.3 Å². The summed E-state index contributed by atoms with van der Waals surface area (Å²) < 4.78 is 31.7. The predicted molar refractivity (Wildman–Crippen MR) is 101 cm³/mol. The Bertz CT molecular complexity index is 904. The molecule has 144 valence electrons. The molecule has 0 aliphatic heterocycles. The van der Waals surface area contributed by atoms with E-state index in [0.29, 0.717) is 5.56 Å². The van der Waals surface area contributed by atoms with Crippen LogP contribution in [0.1, 0.15) is 40.5 Å². The third-order valence-corrected chi connectivity index (χ3v) is 6.64. The van der Waals surface area contributed by atoms with Crippen LogP contribution in [0.25, 0.3) is 0 Å². The van der Waals surface area contributed by atoms with Crippen molar-refractivity contribution in [1.29, 1.82) is 0 Å². The normalized spacial score (nSPS) is 15.1. The van der Waals surface area contributed by atoms with Crippen molar-refractivity contribution in [3.8, 4) is 0 Å². The topological polar surface area (TPSA) is 102 Å². The second-order valence-electron chi connectivity index (χ2n) is 6.24. The lowest BCUT2D eigenvalue weighted by molar-refractivity contribution is -0.141. The van der Waals surface area contributed by atoms with Crippen LogP contribution in [0.4, 0.5) is 0 Å². The maximum Gasteiger partial charge on any atom is 0.307 e. The van der Waals surface area contributed by atoms with Crippen molar-refractivity contribution in [2.75, 3.05) is 7.11 Å². The Morgan fingerprint density at radius 3 is 2.48 bits per heavy atom. The highest BCUT2D eigenvalue weighted by Gasteiger charge is 2.28. The van der Waals surface area contributed by atoms with E-state index in [2.05, 4.69) is 10.0 Å². The summed E-state index contributed by atoms with van der Waals surface area (Å²) in [6.45, 7) is 0. The molecule has 1 amide bonds. The van der Waals surface area contributed by atoms with Gasteiger partial charge in [0.1, 0.15) is 0 Å². The summed E-state index contributed by atoms with van der Waals surface area (Å²) in [6, 6.07) is 8.90. The highest BCUT2D eigenvalue weighted by Crippen LogP contribution is 2.24. The number of rotatable bonds is 8. The Labute approximate surface area is 161 Å². The fourth-order valence-electron chi connectivity index (χ4n) is 2.48. The van der Waals surface area contributed by atoms with Gasteiger partial charge in [0.2, 0.25) is 10.0 Å². The molecule has 1 saturated carbocycles. The van der Waals surface area contributed by atoms with Crippen LogP contribution in [0.3, 0.4) is 0 Å². The average Bonchev–Trinajstić information content (AvgIpc) is 3.28. The predicted octanol–water partition coefficient (Wildman–Crippen LogP) is 2.22. The van der Waals surface area contributed by atoms with E-state index in [-0.39, 0.29) is 17.4 Å². The van der Waals surface area contributed by atoms with E-state index < -0.39 is 27.9 Å². The fraction of sp³-hybridized carbons (Fsp3) is 0.333. The molecule has 0 spiro atoms. The zero-order valence-corrected chi connectivity index (χ0v) is 16.3. The largest absolute Gasteiger partial charge is 0.469 e. The van der Waals surface area contributed by atoms with Crippen LogP contribution in [0.2, 0.25) is 0 Å². The monoisotopic (exact) mass is 408 g/mol. The Morgan fingerprint density at radius 2 is 1.93 bits per heavy atom. The van der Waals surface area contributed by atoms with E-state index in [4.69, 9.17) is 4.74 Å². The molecule has 1 aromatic heterocycles. The minimum Gasteiger partial charge on any atom is -0.469 e. The molecule has 0 unspecified atom stereocenters. The fourth-order valence-corrected chi connectivity index (χ4v) is 4.56. The van der Waals surface area contributed by atoms with Crippen LogP contribution in [-0.2, 0) is 19.6 Å². The summed E-state index contributed by atoms with van der Waals surface area (Å²) in [4.78, 5) is 25.1. The number of hydrogen-bond donors (Lipinski definition) is 2. The molecule has 7 nitrogen and oxygen atoms in total. The van der Waals surface area contributed by atoms with E-state index in [0.717, 1.165) is 17.7 Å². The number of benzene rings is 1. The molecule has 1 heterocycles. The molecule has 2 N–H and O–H groups in total. The smallest absolute Gasteiger partial charge is 0.307 e. The first-order chi connectivity index (χ1) is 12.9. The van der Waals surface area contributed by atoms with Gasteiger partial charge in [0.15, 0.2) is 0 Å². The lowest BCUT2D eigenvalue weighted by Gasteiger charge is -2.16. The van der Waals surface area contributed by atoms with Crippen molar-refractivity contribution in [3.63, 3.8) is 0 Å². The summed E-state index contributed by atoms with van der Waals surface area (Å²) in [7, 11) is -2.26. The van der Waals surface area contributed by atoms with Gasteiger partial charge >= 0.3 is 5.97 Å². The molecule has 0 saturated heterocycles. The van der Waals surface area contributed by atoms with Gasteiger partial charge in [-0.3, -0.25) is 9.59 Å². The highest BCUT2D eigenvalue weighted by atomic mass is 32.2. The number of carbonyl (C=O) groups excluding carboxylic acids is 2. The molecule has 0 bridgehead atoms. The van der Waals surface area contributed by atoms with E-state index in [1.54, 1.807) is 0 Å². The maximum atomic E-state index is 12.5. The van der Waals surface area contributed by atoms with Gasteiger partial charge in [0.05, 0.1) is 24.5 Å². The summed E-state index contributed by atoms with van der Waals surface area (Å²) >= 11 is 1.43. The number of nitrogens with one attached hydrogen (secondary N) is 2. The lowest BCUT2D eigenvalue weighted by atomic mass is 10.1. The molecule has 1 fully saturated rings. The van der Waals surface area contributed by atoms with Gasteiger partial charge in [0.25, 0.3) is 5.91 Å². The second kappa shape index (κ2) is 8.20. The summed E-state index contributed by atoms with van der Waals surface area (Å²) in [6.07, 6.45) is 1.72. The first kappa shape index (κ1) is 19.5. The minimum absolute atomic E-state index is 0.0144. The molecule has 1 atom stereocenters. The average molecular weight is 409 g/mol. The van der Waals surface area contributed by atoms with Gasteiger partial charge in [-0.1, -0.05) is 6.07 Å². The molecule has 9 heteroatoms. The molecular formula is C18H20N2O5S2. The molecule has 3 rings (SSSR count). The lowest BCUT2D eigenvalue weighted by Crippen LogP contribution is -2.30. The zero-order chi connectivity index (χ0) is 19.4. The number of sulfonamides is 1. The van der Waals surface area contributed by atoms with Crippen LogP contribution < -0.4 is 10.0 Å². The molecule has 1 aliphatic rings. The molecule has 0 radical (unpaired) electrons. The summed E-state index contributed by atoms with van der Waals surface area (Å²) in [5.41, 5.74) is 0.312. The van der Waals surface area contributed by atoms with Gasteiger partial charge < -0.3 is 10.1 Å². The van der Waals surface area contributed by atoms with E-state index in [9.17, 15) is 18.0 Å². The van der Waals surface area contributed by atoms with Gasteiger partial charge in [-0.05, 0) is 48.6 Å². The Morgan fingerprint density at radius 1 is 1.22 bits per heavy atom. The molecule has 1 aliphatic carbocycles. The van der Waals surface area contributed by atoms with Crippen LogP contribution in [0.5, 0.6) is 0 Å². The van der Waals surface area contributed by atoms with Crippen molar-refractivity contribution in [1.82, 2.24) is 10.0 Å². The van der Waals surface area contributed by atoms with Crippen molar-refractivity contribution >= 4 is 33.2 Å². The van der Waals surface area contributed by atoms with E-state index in [1.807, 2.05) is 17.5 Å². The van der Waals surface area contributed by atoms with Crippen molar-refractivity contribution < 1.29 is 22.7 Å². The molecule has 27 heavy (non-hydrogen) atoms.